The number of rotatable bonds is 1. The Hall–Kier alpha value is -0.120. The summed E-state index contributed by atoms with van der Waals surface area (Å²) in [7, 11) is 0. The first kappa shape index (κ1) is 7.98. The van der Waals surface area contributed by atoms with E-state index in [1.807, 2.05) is 13.8 Å². The van der Waals surface area contributed by atoms with Gasteiger partial charge in [-0.05, 0) is 13.8 Å². The highest BCUT2D eigenvalue weighted by molar-refractivity contribution is 4.90. The lowest BCUT2D eigenvalue weighted by Crippen LogP contribution is -2.55. The van der Waals surface area contributed by atoms with Crippen molar-refractivity contribution in [1.82, 2.24) is 5.32 Å². The average molecular weight is 144 g/mol. The quantitative estimate of drug-likeness (QED) is 0.552. The molecule has 0 bridgehead atoms. The predicted molar refractivity (Wildman–Crippen MR) is 37.9 cm³/mol. The number of ether oxygens (including phenoxy) is 1. The van der Waals surface area contributed by atoms with Crippen molar-refractivity contribution in [3.8, 4) is 0 Å². The molecule has 59 valence electrons. The fraction of sp³-hybridized carbons (Fsp3) is 1.00. The van der Waals surface area contributed by atoms with Crippen LogP contribution in [0.15, 0.2) is 0 Å². The standard InChI is InChI=1S/C7H14NO2/c1-6-7(2,5-9)8-3-4-10-6/h6,9H,3-5H2,1-2H3. The molecule has 2 unspecified atom stereocenters. The smallest absolute Gasteiger partial charge is 0.0817 e. The maximum absolute atomic E-state index is 8.95. The van der Waals surface area contributed by atoms with Crippen LogP contribution in [0.3, 0.4) is 0 Å². The molecule has 0 aromatic carbocycles. The van der Waals surface area contributed by atoms with E-state index in [9.17, 15) is 0 Å². The van der Waals surface area contributed by atoms with Crippen molar-refractivity contribution in [2.24, 2.45) is 0 Å². The third-order valence-electron chi connectivity index (χ3n) is 2.13. The maximum Gasteiger partial charge on any atom is 0.0817 e. The summed E-state index contributed by atoms with van der Waals surface area (Å²) in [6.07, 6.45) is 0.0475. The number of aliphatic hydroxyl groups excluding tert-OH is 1. The summed E-state index contributed by atoms with van der Waals surface area (Å²) in [6, 6.07) is 0. The van der Waals surface area contributed by atoms with Crippen LogP contribution in [0.2, 0.25) is 0 Å². The summed E-state index contributed by atoms with van der Waals surface area (Å²) >= 11 is 0. The zero-order chi connectivity index (χ0) is 7.61. The van der Waals surface area contributed by atoms with Gasteiger partial charge in [-0.15, -0.1) is 0 Å². The minimum absolute atomic E-state index is 0.0475. The zero-order valence-electron chi connectivity index (χ0n) is 6.50. The molecule has 1 rings (SSSR count). The molecular formula is C7H14NO2. The van der Waals surface area contributed by atoms with Crippen molar-refractivity contribution in [3.05, 3.63) is 0 Å². The van der Waals surface area contributed by atoms with Crippen LogP contribution in [-0.2, 0) is 4.74 Å². The summed E-state index contributed by atoms with van der Waals surface area (Å²) in [6.45, 7) is 5.34. The first-order chi connectivity index (χ1) is 4.69. The molecule has 0 aliphatic carbocycles. The highest BCUT2D eigenvalue weighted by Crippen LogP contribution is 2.17. The third-order valence-corrected chi connectivity index (χ3v) is 2.13. The van der Waals surface area contributed by atoms with Crippen molar-refractivity contribution in [2.45, 2.75) is 25.5 Å². The van der Waals surface area contributed by atoms with E-state index in [1.165, 1.54) is 0 Å². The lowest BCUT2D eigenvalue weighted by Gasteiger charge is -2.37. The molecule has 0 amide bonds. The van der Waals surface area contributed by atoms with Gasteiger partial charge in [0, 0.05) is 6.54 Å². The molecule has 1 fully saturated rings. The molecule has 1 N–H and O–H groups in total. The van der Waals surface area contributed by atoms with E-state index < -0.39 is 0 Å². The van der Waals surface area contributed by atoms with Crippen LogP contribution in [0.25, 0.3) is 0 Å². The molecule has 2 atom stereocenters. The van der Waals surface area contributed by atoms with Crippen LogP contribution in [0.4, 0.5) is 0 Å². The molecule has 0 aromatic rings. The Bertz CT molecular complexity index is 118. The summed E-state index contributed by atoms with van der Waals surface area (Å²) in [5, 5.41) is 13.2. The lowest BCUT2D eigenvalue weighted by atomic mass is 9.96. The van der Waals surface area contributed by atoms with E-state index >= 15 is 0 Å². The van der Waals surface area contributed by atoms with Crippen molar-refractivity contribution in [2.75, 3.05) is 19.8 Å². The molecule has 1 radical (unpaired) electrons. The van der Waals surface area contributed by atoms with E-state index in [0.29, 0.717) is 13.2 Å². The number of morpholine rings is 1. The van der Waals surface area contributed by atoms with Gasteiger partial charge in [0.25, 0.3) is 0 Å². The average Bonchev–Trinajstić information content (AvgIpc) is 1.96. The van der Waals surface area contributed by atoms with E-state index in [0.717, 1.165) is 0 Å². The summed E-state index contributed by atoms with van der Waals surface area (Å²) in [5.74, 6) is 0. The molecule has 10 heavy (non-hydrogen) atoms. The summed E-state index contributed by atoms with van der Waals surface area (Å²) in [4.78, 5) is 0. The minimum atomic E-state index is -0.363. The van der Waals surface area contributed by atoms with Gasteiger partial charge in [-0.2, -0.15) is 0 Å². The van der Waals surface area contributed by atoms with Gasteiger partial charge in [-0.3, -0.25) is 0 Å². The van der Waals surface area contributed by atoms with Gasteiger partial charge < -0.3 is 9.84 Å². The predicted octanol–water partition coefficient (Wildman–Crippen LogP) is -0.239. The summed E-state index contributed by atoms with van der Waals surface area (Å²) in [5.41, 5.74) is -0.363. The first-order valence-electron chi connectivity index (χ1n) is 3.60. The molecule has 0 saturated carbocycles. The van der Waals surface area contributed by atoms with Crippen molar-refractivity contribution >= 4 is 0 Å². The molecule has 0 aromatic heterocycles. The van der Waals surface area contributed by atoms with Gasteiger partial charge in [0.2, 0.25) is 0 Å². The number of nitrogens with zero attached hydrogens (tertiary/aromatic N) is 1. The van der Waals surface area contributed by atoms with E-state index in [4.69, 9.17) is 9.84 Å². The highest BCUT2D eigenvalue weighted by atomic mass is 16.5. The molecular weight excluding hydrogens is 130 g/mol. The number of aliphatic hydroxyl groups is 1. The SMILES string of the molecule is CC1OCC[N]C1(C)CO. The second-order valence-electron chi connectivity index (χ2n) is 2.91. The zero-order valence-corrected chi connectivity index (χ0v) is 6.50. The Morgan fingerprint density at radius 3 is 2.90 bits per heavy atom. The van der Waals surface area contributed by atoms with Gasteiger partial charge in [0.15, 0.2) is 0 Å². The van der Waals surface area contributed by atoms with Crippen molar-refractivity contribution in [1.29, 1.82) is 0 Å². The van der Waals surface area contributed by atoms with E-state index in [2.05, 4.69) is 5.32 Å². The van der Waals surface area contributed by atoms with Crippen LogP contribution in [0, 0.1) is 0 Å². The third kappa shape index (κ3) is 1.31. The lowest BCUT2D eigenvalue weighted by molar-refractivity contribution is -0.0546. The van der Waals surface area contributed by atoms with Crippen molar-refractivity contribution in [3.63, 3.8) is 0 Å². The van der Waals surface area contributed by atoms with Gasteiger partial charge >= 0.3 is 0 Å². The Morgan fingerprint density at radius 1 is 1.80 bits per heavy atom. The molecule has 1 saturated heterocycles. The fourth-order valence-electron chi connectivity index (χ4n) is 1.02. The molecule has 3 nitrogen and oxygen atoms in total. The molecule has 1 aliphatic rings. The second-order valence-corrected chi connectivity index (χ2v) is 2.91. The van der Waals surface area contributed by atoms with Crippen molar-refractivity contribution < 1.29 is 9.84 Å². The largest absolute Gasteiger partial charge is 0.394 e. The first-order valence-corrected chi connectivity index (χ1v) is 3.60. The molecule has 1 heterocycles. The van der Waals surface area contributed by atoms with Gasteiger partial charge in [0.05, 0.1) is 24.9 Å². The normalized spacial score (nSPS) is 41.7. The Balaban J connectivity index is 2.54. The molecule has 1 aliphatic heterocycles. The van der Waals surface area contributed by atoms with Crippen LogP contribution in [0.5, 0.6) is 0 Å². The van der Waals surface area contributed by atoms with E-state index in [-0.39, 0.29) is 18.2 Å². The highest BCUT2D eigenvalue weighted by Gasteiger charge is 2.34. The topological polar surface area (TPSA) is 43.6 Å². The Morgan fingerprint density at radius 2 is 2.50 bits per heavy atom. The Labute approximate surface area is 61.4 Å². The van der Waals surface area contributed by atoms with Gasteiger partial charge in [-0.25, -0.2) is 5.32 Å². The summed E-state index contributed by atoms with van der Waals surface area (Å²) < 4.78 is 5.33. The monoisotopic (exact) mass is 144 g/mol. The number of hydrogen-bond acceptors (Lipinski definition) is 2. The Kier molecular flexibility index (Phi) is 2.28. The van der Waals surface area contributed by atoms with Crippen LogP contribution < -0.4 is 5.32 Å². The van der Waals surface area contributed by atoms with Crippen LogP contribution >= 0.6 is 0 Å². The maximum atomic E-state index is 8.95. The van der Waals surface area contributed by atoms with Crippen LogP contribution in [-0.4, -0.2) is 36.5 Å². The van der Waals surface area contributed by atoms with Gasteiger partial charge in [-0.1, -0.05) is 0 Å². The number of hydrogen-bond donors (Lipinski definition) is 1. The van der Waals surface area contributed by atoms with E-state index in [1.54, 1.807) is 0 Å². The minimum Gasteiger partial charge on any atom is -0.394 e. The van der Waals surface area contributed by atoms with Gasteiger partial charge in [0.1, 0.15) is 0 Å². The molecule has 0 spiro atoms. The second kappa shape index (κ2) is 2.86. The molecule has 3 heteroatoms. The fourth-order valence-corrected chi connectivity index (χ4v) is 1.02. The van der Waals surface area contributed by atoms with Crippen LogP contribution in [0.1, 0.15) is 13.8 Å².